The number of nitrogens with zero attached hydrogens (tertiary/aromatic N) is 3. The summed E-state index contributed by atoms with van der Waals surface area (Å²) >= 11 is 0. The molecule has 192 valence electrons. The minimum absolute atomic E-state index is 0.00179. The molecule has 1 heterocycles. The summed E-state index contributed by atoms with van der Waals surface area (Å²) in [6.45, 7) is 5.22. The molecule has 3 rings (SSSR count). The van der Waals surface area contributed by atoms with Gasteiger partial charge in [-0.05, 0) is 44.0 Å². The Hall–Kier alpha value is -4.08. The van der Waals surface area contributed by atoms with E-state index in [4.69, 9.17) is 18.9 Å². The molecule has 1 aliphatic heterocycles. The molecule has 0 aliphatic carbocycles. The molecule has 2 aromatic rings. The van der Waals surface area contributed by atoms with Gasteiger partial charge in [0.1, 0.15) is 24.0 Å². The van der Waals surface area contributed by atoms with Crippen LogP contribution in [-0.4, -0.2) is 66.3 Å². The van der Waals surface area contributed by atoms with Gasteiger partial charge in [0.15, 0.2) is 0 Å². The Morgan fingerprint density at radius 3 is 2.22 bits per heavy atom. The highest BCUT2D eigenvalue weighted by Gasteiger charge is 2.45. The number of rotatable bonds is 6. The van der Waals surface area contributed by atoms with Gasteiger partial charge in [-0.15, -0.1) is 4.99 Å². The largest absolute Gasteiger partial charge is 0.497 e. The van der Waals surface area contributed by atoms with Gasteiger partial charge in [-0.2, -0.15) is 0 Å². The first kappa shape index (κ1) is 26.5. The zero-order valence-electron chi connectivity index (χ0n) is 21.1. The van der Waals surface area contributed by atoms with Gasteiger partial charge in [0.2, 0.25) is 5.96 Å². The normalized spacial score (nSPS) is 16.6. The SMILES string of the molecule is COC(=O)[C@@H]1CN(C(=O)OC(C)(C)C)/C(=N/C(=O)OCc2ccccc2)N1Cc1ccc(OC)cc1. The molecule has 10 heteroatoms. The highest BCUT2D eigenvalue weighted by molar-refractivity contribution is 6.03. The Morgan fingerprint density at radius 2 is 1.64 bits per heavy atom. The third-order valence-corrected chi connectivity index (χ3v) is 5.23. The number of hydrogen-bond donors (Lipinski definition) is 0. The molecule has 1 aliphatic rings. The van der Waals surface area contributed by atoms with Crippen molar-refractivity contribution in [1.82, 2.24) is 9.80 Å². The van der Waals surface area contributed by atoms with Crippen molar-refractivity contribution in [2.24, 2.45) is 4.99 Å². The monoisotopic (exact) mass is 497 g/mol. The summed E-state index contributed by atoms with van der Waals surface area (Å²) in [7, 11) is 2.82. The van der Waals surface area contributed by atoms with Crippen molar-refractivity contribution in [3.8, 4) is 5.75 Å². The number of carbonyl (C=O) groups is 3. The van der Waals surface area contributed by atoms with Crippen LogP contribution in [0.5, 0.6) is 5.75 Å². The lowest BCUT2D eigenvalue weighted by Crippen LogP contribution is -2.42. The van der Waals surface area contributed by atoms with Crippen LogP contribution in [0.4, 0.5) is 9.59 Å². The molecule has 1 atom stereocenters. The van der Waals surface area contributed by atoms with Gasteiger partial charge >= 0.3 is 18.2 Å². The second-order valence-corrected chi connectivity index (χ2v) is 9.06. The Kier molecular flexibility index (Phi) is 8.52. The predicted octanol–water partition coefficient (Wildman–Crippen LogP) is 3.98. The average Bonchev–Trinajstić information content (AvgIpc) is 3.20. The molecule has 0 spiro atoms. The molecule has 0 bridgehead atoms. The standard InChI is InChI=1S/C26H31N3O7/c1-26(2,3)36-25(32)29-16-21(22(30)34-5)28(15-18-11-13-20(33-4)14-12-18)23(29)27-24(31)35-17-19-9-7-6-8-10-19/h6-14,21H,15-17H2,1-5H3/b27-23+/t21-/m0/s1. The maximum absolute atomic E-state index is 13.0. The first-order valence-electron chi connectivity index (χ1n) is 11.4. The molecule has 36 heavy (non-hydrogen) atoms. The van der Waals surface area contributed by atoms with Crippen molar-refractivity contribution < 1.29 is 33.3 Å². The fraction of sp³-hybridized carbons (Fsp3) is 0.385. The van der Waals surface area contributed by atoms with Crippen LogP contribution in [-0.2, 0) is 32.2 Å². The van der Waals surface area contributed by atoms with E-state index < -0.39 is 29.8 Å². The first-order valence-corrected chi connectivity index (χ1v) is 11.4. The lowest BCUT2D eigenvalue weighted by molar-refractivity contribution is -0.144. The van der Waals surface area contributed by atoms with Gasteiger partial charge in [0.05, 0.1) is 20.8 Å². The van der Waals surface area contributed by atoms with Crippen LogP contribution < -0.4 is 4.74 Å². The second-order valence-electron chi connectivity index (χ2n) is 9.06. The van der Waals surface area contributed by atoms with Crippen LogP contribution in [0.2, 0.25) is 0 Å². The number of guanidine groups is 1. The van der Waals surface area contributed by atoms with Crippen molar-refractivity contribution in [1.29, 1.82) is 0 Å². The van der Waals surface area contributed by atoms with E-state index in [1.807, 2.05) is 42.5 Å². The topological polar surface area (TPSA) is 107 Å². The Labute approximate surface area is 210 Å². The third-order valence-electron chi connectivity index (χ3n) is 5.23. The minimum atomic E-state index is -0.912. The van der Waals surface area contributed by atoms with Crippen LogP contribution in [0.1, 0.15) is 31.9 Å². The Bertz CT molecular complexity index is 1090. The predicted molar refractivity (Wildman–Crippen MR) is 131 cm³/mol. The number of aliphatic imine (C=N–C) groups is 1. The van der Waals surface area contributed by atoms with Crippen LogP contribution in [0.15, 0.2) is 59.6 Å². The highest BCUT2D eigenvalue weighted by Crippen LogP contribution is 2.24. The molecule has 0 unspecified atom stereocenters. The van der Waals surface area contributed by atoms with E-state index in [1.54, 1.807) is 40.0 Å². The molecule has 2 amide bonds. The highest BCUT2D eigenvalue weighted by atomic mass is 16.6. The van der Waals surface area contributed by atoms with Crippen LogP contribution in [0, 0.1) is 0 Å². The van der Waals surface area contributed by atoms with E-state index in [2.05, 4.69) is 4.99 Å². The van der Waals surface area contributed by atoms with Crippen molar-refractivity contribution in [3.63, 3.8) is 0 Å². The van der Waals surface area contributed by atoms with Crippen molar-refractivity contribution in [3.05, 3.63) is 65.7 Å². The quantitative estimate of drug-likeness (QED) is 0.436. The number of esters is 1. The molecule has 2 aromatic carbocycles. The zero-order chi connectivity index (χ0) is 26.3. The summed E-state index contributed by atoms with van der Waals surface area (Å²) in [5.41, 5.74) is 0.769. The van der Waals surface area contributed by atoms with E-state index >= 15 is 0 Å². The van der Waals surface area contributed by atoms with Crippen molar-refractivity contribution in [2.75, 3.05) is 20.8 Å². The molecular weight excluding hydrogens is 466 g/mol. The number of benzene rings is 2. The number of hydrogen-bond acceptors (Lipinski definition) is 7. The average molecular weight is 498 g/mol. The van der Waals surface area contributed by atoms with Gasteiger partial charge in [0, 0.05) is 6.54 Å². The molecule has 0 aromatic heterocycles. The Morgan fingerprint density at radius 1 is 0.972 bits per heavy atom. The molecule has 0 radical (unpaired) electrons. The summed E-state index contributed by atoms with van der Waals surface area (Å²) in [6, 6.07) is 15.4. The second kappa shape index (κ2) is 11.6. The van der Waals surface area contributed by atoms with Crippen LogP contribution >= 0.6 is 0 Å². The molecular formula is C26H31N3O7. The summed E-state index contributed by atoms with van der Waals surface area (Å²) in [4.78, 5) is 45.2. The number of ether oxygens (including phenoxy) is 4. The fourth-order valence-electron chi connectivity index (χ4n) is 3.52. The maximum Gasteiger partial charge on any atom is 0.437 e. The smallest absolute Gasteiger partial charge is 0.437 e. The first-order chi connectivity index (χ1) is 17.1. The third kappa shape index (κ3) is 6.97. The van der Waals surface area contributed by atoms with E-state index in [9.17, 15) is 14.4 Å². The van der Waals surface area contributed by atoms with Crippen molar-refractivity contribution in [2.45, 2.75) is 45.6 Å². The van der Waals surface area contributed by atoms with E-state index in [-0.39, 0.29) is 25.7 Å². The van der Waals surface area contributed by atoms with Gasteiger partial charge in [-0.3, -0.25) is 0 Å². The summed E-state index contributed by atoms with van der Waals surface area (Å²) in [6.07, 6.45) is -1.66. The van der Waals surface area contributed by atoms with Gasteiger partial charge in [0.25, 0.3) is 0 Å². The summed E-state index contributed by atoms with van der Waals surface area (Å²) < 4.78 is 21.0. The molecule has 0 N–H and O–H groups in total. The van der Waals surface area contributed by atoms with E-state index in [0.29, 0.717) is 5.75 Å². The lowest BCUT2D eigenvalue weighted by atomic mass is 10.2. The van der Waals surface area contributed by atoms with E-state index in [1.165, 1.54) is 12.0 Å². The molecule has 0 saturated carbocycles. The van der Waals surface area contributed by atoms with E-state index in [0.717, 1.165) is 16.0 Å². The Balaban J connectivity index is 1.94. The number of methoxy groups -OCH3 is 2. The molecule has 1 fully saturated rings. The van der Waals surface area contributed by atoms with Crippen LogP contribution in [0.25, 0.3) is 0 Å². The number of amides is 2. The molecule has 10 nitrogen and oxygen atoms in total. The van der Waals surface area contributed by atoms with Crippen LogP contribution in [0.3, 0.4) is 0 Å². The van der Waals surface area contributed by atoms with Gasteiger partial charge < -0.3 is 23.8 Å². The fourth-order valence-corrected chi connectivity index (χ4v) is 3.52. The summed E-state index contributed by atoms with van der Waals surface area (Å²) in [5.74, 6) is 0.0203. The maximum atomic E-state index is 13.0. The minimum Gasteiger partial charge on any atom is -0.497 e. The van der Waals surface area contributed by atoms with Gasteiger partial charge in [-0.1, -0.05) is 42.5 Å². The lowest BCUT2D eigenvalue weighted by Gasteiger charge is -2.26. The summed E-state index contributed by atoms with van der Waals surface area (Å²) in [5, 5.41) is 0. The molecule has 1 saturated heterocycles. The van der Waals surface area contributed by atoms with Gasteiger partial charge in [-0.25, -0.2) is 19.3 Å². The number of carbonyl (C=O) groups excluding carboxylic acids is 3. The zero-order valence-corrected chi connectivity index (χ0v) is 21.1. The van der Waals surface area contributed by atoms with Crippen molar-refractivity contribution >= 4 is 24.1 Å².